The van der Waals surface area contributed by atoms with Gasteiger partial charge in [0.15, 0.2) is 16.5 Å². The van der Waals surface area contributed by atoms with Gasteiger partial charge in [0.2, 0.25) is 5.69 Å². The van der Waals surface area contributed by atoms with Gasteiger partial charge in [-0.15, -0.1) is 0 Å². The molecule has 0 saturated carbocycles. The van der Waals surface area contributed by atoms with E-state index in [1.54, 1.807) is 36.5 Å². The molecule has 1 amide bonds. The van der Waals surface area contributed by atoms with Crippen molar-refractivity contribution in [1.82, 2.24) is 5.10 Å². The molecular weight excluding hydrogens is 420 g/mol. The lowest BCUT2D eigenvalue weighted by Gasteiger charge is -2.06. The van der Waals surface area contributed by atoms with Crippen LogP contribution in [0.2, 0.25) is 0 Å². The Bertz CT molecular complexity index is 944. The Hall–Kier alpha value is -2.65. The number of ether oxygens (including phenoxy) is 2. The van der Waals surface area contributed by atoms with Crippen LogP contribution in [0, 0.1) is 0 Å². The number of amides is 1. The number of carbonyl (C=O) groups is 1. The SMILES string of the molecule is COc1ccc(-[n+]2nc(C(=O)Nc3ccc(OC)c(Br)c3)c(N)s2)cc1. The highest BCUT2D eigenvalue weighted by Crippen LogP contribution is 2.28. The van der Waals surface area contributed by atoms with Crippen molar-refractivity contribution in [2.75, 3.05) is 25.3 Å². The largest absolute Gasteiger partial charge is 0.497 e. The van der Waals surface area contributed by atoms with E-state index >= 15 is 0 Å². The molecular formula is C17H16BrN4O3S+. The highest BCUT2D eigenvalue weighted by molar-refractivity contribution is 9.10. The Labute approximate surface area is 162 Å². The standard InChI is InChI=1S/C17H15BrN4O3S/c1-24-12-6-4-11(5-7-12)22-21-15(16(19)26-22)17(23)20-10-3-8-14(25-2)13(18)9-10/h3-9,19H,1-2H3,(H,20,23)/p+1. The molecule has 9 heteroatoms. The van der Waals surface area contributed by atoms with E-state index in [0.29, 0.717) is 16.4 Å². The number of nitrogens with one attached hydrogen (secondary N) is 1. The van der Waals surface area contributed by atoms with Gasteiger partial charge in [0.25, 0.3) is 11.6 Å². The van der Waals surface area contributed by atoms with Crippen molar-refractivity contribution in [2.45, 2.75) is 0 Å². The van der Waals surface area contributed by atoms with Crippen molar-refractivity contribution in [1.29, 1.82) is 0 Å². The maximum atomic E-state index is 12.5. The van der Waals surface area contributed by atoms with Gasteiger partial charge in [0, 0.05) is 27.0 Å². The molecule has 0 aliphatic carbocycles. The number of halogens is 1. The second-order valence-corrected chi connectivity index (χ2v) is 7.00. The summed E-state index contributed by atoms with van der Waals surface area (Å²) in [4.78, 5) is 12.5. The van der Waals surface area contributed by atoms with Crippen LogP contribution in [-0.4, -0.2) is 25.2 Å². The number of benzene rings is 2. The van der Waals surface area contributed by atoms with Crippen molar-refractivity contribution in [3.05, 3.63) is 52.6 Å². The van der Waals surface area contributed by atoms with E-state index < -0.39 is 0 Å². The fourth-order valence-corrected chi connectivity index (χ4v) is 3.51. The number of methoxy groups -OCH3 is 2. The number of hydrogen-bond acceptors (Lipinski definition) is 6. The van der Waals surface area contributed by atoms with Crippen molar-refractivity contribution in [2.24, 2.45) is 0 Å². The van der Waals surface area contributed by atoms with Crippen LogP contribution in [0.5, 0.6) is 11.5 Å². The zero-order valence-corrected chi connectivity index (χ0v) is 16.4. The Morgan fingerprint density at radius 2 is 1.92 bits per heavy atom. The molecule has 0 bridgehead atoms. The van der Waals surface area contributed by atoms with Crippen molar-refractivity contribution < 1.29 is 18.3 Å². The Balaban J connectivity index is 1.81. The molecule has 3 rings (SSSR count). The van der Waals surface area contributed by atoms with Crippen LogP contribution in [0.25, 0.3) is 5.69 Å². The van der Waals surface area contributed by atoms with Crippen LogP contribution < -0.4 is 24.6 Å². The molecule has 0 fully saturated rings. The molecule has 0 spiro atoms. The fraction of sp³-hybridized carbons (Fsp3) is 0.118. The quantitative estimate of drug-likeness (QED) is 0.601. The summed E-state index contributed by atoms with van der Waals surface area (Å²) in [7, 11) is 3.18. The molecule has 26 heavy (non-hydrogen) atoms. The summed E-state index contributed by atoms with van der Waals surface area (Å²) >= 11 is 4.57. The Morgan fingerprint density at radius 1 is 1.19 bits per heavy atom. The molecule has 0 aliphatic heterocycles. The molecule has 0 unspecified atom stereocenters. The highest BCUT2D eigenvalue weighted by atomic mass is 79.9. The number of nitrogens with zero attached hydrogens (tertiary/aromatic N) is 2. The van der Waals surface area contributed by atoms with Crippen LogP contribution in [0.4, 0.5) is 10.7 Å². The van der Waals surface area contributed by atoms with Crippen molar-refractivity contribution in [3.63, 3.8) is 0 Å². The molecule has 0 aliphatic rings. The summed E-state index contributed by atoms with van der Waals surface area (Å²) in [6, 6.07) is 12.5. The van der Waals surface area contributed by atoms with Gasteiger partial charge in [0.05, 0.1) is 18.7 Å². The van der Waals surface area contributed by atoms with Gasteiger partial charge in [-0.25, -0.2) is 0 Å². The second-order valence-electron chi connectivity index (χ2n) is 5.18. The summed E-state index contributed by atoms with van der Waals surface area (Å²) in [5, 5.41) is 7.41. The fourth-order valence-electron chi connectivity index (χ4n) is 2.21. The summed E-state index contributed by atoms with van der Waals surface area (Å²) < 4.78 is 12.6. The van der Waals surface area contributed by atoms with E-state index in [-0.39, 0.29) is 11.6 Å². The lowest BCUT2D eigenvalue weighted by molar-refractivity contribution is -0.588. The first-order valence-electron chi connectivity index (χ1n) is 7.50. The molecule has 2 aromatic carbocycles. The number of nitrogens with two attached hydrogens (primary N) is 1. The molecule has 1 heterocycles. The van der Waals surface area contributed by atoms with Gasteiger partial charge in [-0.3, -0.25) is 4.79 Å². The topological polar surface area (TPSA) is 90.3 Å². The predicted molar refractivity (Wildman–Crippen MR) is 103 cm³/mol. The average molecular weight is 436 g/mol. The summed E-state index contributed by atoms with van der Waals surface area (Å²) in [5.74, 6) is 1.03. The number of hydrogen-bond donors (Lipinski definition) is 2. The third-order valence-corrected chi connectivity index (χ3v) is 5.00. The first-order chi connectivity index (χ1) is 12.5. The molecule has 3 aromatic rings. The van der Waals surface area contributed by atoms with Crippen molar-refractivity contribution in [3.8, 4) is 17.2 Å². The normalized spacial score (nSPS) is 10.4. The average Bonchev–Trinajstić information content (AvgIpc) is 3.04. The zero-order valence-electron chi connectivity index (χ0n) is 14.0. The van der Waals surface area contributed by atoms with Gasteiger partial charge in [-0.1, -0.05) is 0 Å². The summed E-state index contributed by atoms with van der Waals surface area (Å²) in [5.41, 5.74) is 7.54. The van der Waals surface area contributed by atoms with Gasteiger partial charge in [-0.2, -0.15) is 0 Å². The van der Waals surface area contributed by atoms with E-state index in [2.05, 4.69) is 26.3 Å². The molecule has 0 radical (unpaired) electrons. The van der Waals surface area contributed by atoms with Crippen LogP contribution >= 0.6 is 27.5 Å². The number of rotatable bonds is 5. The zero-order chi connectivity index (χ0) is 18.7. The molecule has 0 saturated heterocycles. The van der Waals surface area contributed by atoms with Gasteiger partial charge in [0.1, 0.15) is 11.5 Å². The number of carbonyl (C=O) groups excluding carboxylic acids is 1. The van der Waals surface area contributed by atoms with E-state index in [0.717, 1.165) is 15.9 Å². The molecule has 7 nitrogen and oxygen atoms in total. The van der Waals surface area contributed by atoms with Gasteiger partial charge in [-0.05, 0) is 46.3 Å². The third-order valence-electron chi connectivity index (χ3n) is 3.53. The van der Waals surface area contributed by atoms with Crippen LogP contribution in [-0.2, 0) is 0 Å². The van der Waals surface area contributed by atoms with Gasteiger partial charge < -0.3 is 20.5 Å². The van der Waals surface area contributed by atoms with Crippen LogP contribution in [0.3, 0.4) is 0 Å². The minimum absolute atomic E-state index is 0.165. The smallest absolute Gasteiger partial charge is 0.283 e. The molecule has 1 aromatic heterocycles. The first-order valence-corrected chi connectivity index (χ1v) is 9.07. The Kier molecular flexibility index (Phi) is 5.38. The van der Waals surface area contributed by atoms with Crippen LogP contribution in [0.15, 0.2) is 46.9 Å². The maximum absolute atomic E-state index is 12.5. The van der Waals surface area contributed by atoms with E-state index in [9.17, 15) is 4.79 Å². The minimum atomic E-state index is -0.386. The molecule has 3 N–H and O–H groups in total. The lowest BCUT2D eigenvalue weighted by atomic mass is 10.3. The van der Waals surface area contributed by atoms with Crippen molar-refractivity contribution >= 4 is 44.1 Å². The third kappa shape index (κ3) is 3.78. The number of anilines is 2. The Morgan fingerprint density at radius 3 is 2.54 bits per heavy atom. The second kappa shape index (κ2) is 7.71. The van der Waals surface area contributed by atoms with Crippen LogP contribution in [0.1, 0.15) is 10.5 Å². The highest BCUT2D eigenvalue weighted by Gasteiger charge is 2.25. The monoisotopic (exact) mass is 435 g/mol. The minimum Gasteiger partial charge on any atom is -0.497 e. The number of aromatic nitrogens is 2. The van der Waals surface area contributed by atoms with Gasteiger partial charge >= 0.3 is 0 Å². The summed E-state index contributed by atoms with van der Waals surface area (Å²) in [6.45, 7) is 0. The predicted octanol–water partition coefficient (Wildman–Crippen LogP) is 3.03. The van der Waals surface area contributed by atoms with E-state index in [1.165, 1.54) is 11.5 Å². The maximum Gasteiger partial charge on any atom is 0.283 e. The first kappa shape index (κ1) is 18.2. The molecule has 0 atom stereocenters. The lowest BCUT2D eigenvalue weighted by Crippen LogP contribution is -2.30. The summed E-state index contributed by atoms with van der Waals surface area (Å²) in [6.07, 6.45) is 0. The van der Waals surface area contributed by atoms with E-state index in [1.807, 2.05) is 24.3 Å². The van der Waals surface area contributed by atoms with E-state index in [4.69, 9.17) is 15.2 Å². The number of nitrogen functional groups attached to an aromatic ring is 1. The molecule has 134 valence electrons.